The molecule has 2 saturated carbocycles. The first-order chi connectivity index (χ1) is 15.3. The number of hydrogen-bond acceptors (Lipinski definition) is 5. The van der Waals surface area contributed by atoms with Crippen molar-refractivity contribution in [3.63, 3.8) is 0 Å². The van der Waals surface area contributed by atoms with Crippen LogP contribution >= 0.6 is 12.4 Å². The molecule has 3 aliphatic rings. The van der Waals surface area contributed by atoms with Gasteiger partial charge >= 0.3 is 12.2 Å². The van der Waals surface area contributed by atoms with Gasteiger partial charge in [-0.3, -0.25) is 0 Å². The van der Waals surface area contributed by atoms with E-state index in [2.05, 4.69) is 4.98 Å². The monoisotopic (exact) mass is 488 g/mol. The highest BCUT2D eigenvalue weighted by Gasteiger charge is 2.49. The Hall–Kier alpha value is -2.04. The Balaban J connectivity index is 0.00000259. The van der Waals surface area contributed by atoms with Crippen molar-refractivity contribution >= 4 is 29.5 Å². The molecule has 1 aliphatic heterocycles. The van der Waals surface area contributed by atoms with Crippen molar-refractivity contribution in [3.05, 3.63) is 29.7 Å². The Kier molecular flexibility index (Phi) is 6.54. The van der Waals surface area contributed by atoms with E-state index in [1.165, 1.54) is 32.8 Å². The summed E-state index contributed by atoms with van der Waals surface area (Å²) in [5.41, 5.74) is 8.34. The molecule has 0 spiro atoms. The number of nitrogens with zero attached hydrogens (tertiary/aromatic N) is 2. The second-order valence-corrected chi connectivity index (χ2v) is 9.22. The summed E-state index contributed by atoms with van der Waals surface area (Å²) in [5.74, 6) is 2.17. The molecular formula is C22H28ClF3N4O3. The number of ether oxygens (including phenoxy) is 1. The average molecular weight is 489 g/mol. The molecule has 33 heavy (non-hydrogen) atoms. The molecule has 2 heterocycles. The van der Waals surface area contributed by atoms with Crippen molar-refractivity contribution in [2.24, 2.45) is 23.5 Å². The first kappa shape index (κ1) is 24.1. The van der Waals surface area contributed by atoms with E-state index in [0.29, 0.717) is 40.3 Å². The second kappa shape index (κ2) is 8.96. The van der Waals surface area contributed by atoms with Crippen LogP contribution in [-0.4, -0.2) is 48.4 Å². The minimum Gasteiger partial charge on any atom is -0.439 e. The van der Waals surface area contributed by atoms with Crippen LogP contribution in [0.15, 0.2) is 22.6 Å². The molecule has 11 heteroatoms. The van der Waals surface area contributed by atoms with Gasteiger partial charge < -0.3 is 25.1 Å². The third kappa shape index (κ3) is 4.79. The van der Waals surface area contributed by atoms with Gasteiger partial charge in [0.2, 0.25) is 5.89 Å². The number of rotatable bonds is 8. The van der Waals surface area contributed by atoms with Crippen LogP contribution in [0.5, 0.6) is 0 Å². The van der Waals surface area contributed by atoms with Gasteiger partial charge in [0.25, 0.3) is 0 Å². The fraction of sp³-hybridized carbons (Fsp3) is 0.636. The summed E-state index contributed by atoms with van der Waals surface area (Å²) in [6.07, 6.45) is 0.301. The molecule has 3 N–H and O–H groups in total. The lowest BCUT2D eigenvalue weighted by molar-refractivity contribution is -0.150. The summed E-state index contributed by atoms with van der Waals surface area (Å²) < 4.78 is 50.6. The van der Waals surface area contributed by atoms with Gasteiger partial charge in [-0.2, -0.15) is 13.2 Å². The van der Waals surface area contributed by atoms with Crippen LogP contribution in [0, 0.1) is 17.8 Å². The van der Waals surface area contributed by atoms with Gasteiger partial charge in [-0.15, -0.1) is 12.4 Å². The summed E-state index contributed by atoms with van der Waals surface area (Å²) in [6, 6.07) is 1.59. The number of nitrogens with one attached hydrogen (secondary N) is 1. The highest BCUT2D eigenvalue weighted by Crippen LogP contribution is 2.53. The number of alkyl halides is 3. The predicted octanol–water partition coefficient (Wildman–Crippen LogP) is 4.33. The number of oxazole rings is 1. The van der Waals surface area contributed by atoms with E-state index in [1.807, 2.05) is 5.32 Å². The number of carbonyl (C=O) groups excluding carboxylic acids is 1. The van der Waals surface area contributed by atoms with Gasteiger partial charge in [-0.05, 0) is 61.1 Å². The molecular weight excluding hydrogens is 461 g/mol. The number of methoxy groups -OCH3 is 1. The lowest BCUT2D eigenvalue weighted by Gasteiger charge is -2.27. The van der Waals surface area contributed by atoms with Gasteiger partial charge in [-0.25, -0.2) is 9.78 Å². The molecule has 1 aromatic heterocycles. The van der Waals surface area contributed by atoms with E-state index >= 15 is 0 Å². The van der Waals surface area contributed by atoms with Crippen molar-refractivity contribution in [1.82, 2.24) is 15.2 Å². The molecule has 5 rings (SSSR count). The maximum absolute atomic E-state index is 13.1. The molecule has 2 aliphatic carbocycles. The van der Waals surface area contributed by atoms with Crippen LogP contribution in [-0.2, 0) is 4.74 Å². The smallest absolute Gasteiger partial charge is 0.410 e. The summed E-state index contributed by atoms with van der Waals surface area (Å²) >= 11 is 0. The Labute approximate surface area is 195 Å². The molecule has 3 fully saturated rings. The highest BCUT2D eigenvalue weighted by atomic mass is 35.5. The van der Waals surface area contributed by atoms with E-state index in [1.54, 1.807) is 18.2 Å². The number of halogens is 4. The van der Waals surface area contributed by atoms with Gasteiger partial charge in [0.15, 0.2) is 5.58 Å². The summed E-state index contributed by atoms with van der Waals surface area (Å²) in [7, 11) is 1.45. The van der Waals surface area contributed by atoms with Crippen LogP contribution in [0.25, 0.3) is 11.1 Å². The van der Waals surface area contributed by atoms with Crippen LogP contribution in [0.3, 0.4) is 0 Å². The first-order valence-electron chi connectivity index (χ1n) is 11.0. The van der Waals surface area contributed by atoms with E-state index in [-0.39, 0.29) is 25.1 Å². The van der Waals surface area contributed by atoms with E-state index in [9.17, 15) is 18.0 Å². The summed E-state index contributed by atoms with van der Waals surface area (Å²) in [6.45, 7) is -0.424. The van der Waals surface area contributed by atoms with Gasteiger partial charge in [0.1, 0.15) is 11.6 Å². The molecule has 182 valence electrons. The van der Waals surface area contributed by atoms with Gasteiger partial charge in [-0.1, -0.05) is 6.07 Å². The highest BCUT2D eigenvalue weighted by molar-refractivity contribution is 5.85. The SMILES string of the molecule is COC[C@@H](c1ccc2oc([C@H](N)C(C3CC3)C3CC3)nc2c1)N1C[C@@H](C(F)(F)F)NC1=O.Cl. The molecule has 0 radical (unpaired) electrons. The second-order valence-electron chi connectivity index (χ2n) is 9.22. The molecule has 1 aromatic carbocycles. The molecule has 3 atom stereocenters. The Morgan fingerprint density at radius 2 is 1.94 bits per heavy atom. The van der Waals surface area contributed by atoms with Crippen molar-refractivity contribution < 1.29 is 27.1 Å². The van der Waals surface area contributed by atoms with E-state index < -0.39 is 30.8 Å². The third-order valence-electron chi connectivity index (χ3n) is 6.88. The lowest BCUT2D eigenvalue weighted by Crippen LogP contribution is -2.40. The number of carbonyl (C=O) groups is 1. The largest absolute Gasteiger partial charge is 0.439 e. The van der Waals surface area contributed by atoms with Crippen LogP contribution in [0.2, 0.25) is 0 Å². The minimum atomic E-state index is -4.51. The molecule has 0 unspecified atom stereocenters. The Morgan fingerprint density at radius 1 is 1.27 bits per heavy atom. The predicted molar refractivity (Wildman–Crippen MR) is 117 cm³/mol. The zero-order valence-corrected chi connectivity index (χ0v) is 19.0. The zero-order valence-electron chi connectivity index (χ0n) is 18.2. The topological polar surface area (TPSA) is 93.6 Å². The fourth-order valence-corrected chi connectivity index (χ4v) is 4.95. The maximum Gasteiger partial charge on any atom is 0.410 e. The molecule has 2 amide bonds. The number of amides is 2. The Bertz CT molecular complexity index is 996. The molecule has 0 bridgehead atoms. The quantitative estimate of drug-likeness (QED) is 0.577. The first-order valence-corrected chi connectivity index (χ1v) is 11.0. The molecule has 2 aromatic rings. The van der Waals surface area contributed by atoms with Gasteiger partial charge in [0, 0.05) is 7.11 Å². The van der Waals surface area contributed by atoms with Crippen molar-refractivity contribution in [3.8, 4) is 0 Å². The number of aromatic nitrogens is 1. The van der Waals surface area contributed by atoms with E-state index in [4.69, 9.17) is 14.9 Å². The number of benzene rings is 1. The maximum atomic E-state index is 13.1. The van der Waals surface area contributed by atoms with E-state index in [0.717, 1.165) is 4.90 Å². The fourth-order valence-electron chi connectivity index (χ4n) is 4.95. The summed E-state index contributed by atoms with van der Waals surface area (Å²) in [5, 5.41) is 2.01. The molecule has 7 nitrogen and oxygen atoms in total. The standard InChI is InChI=1S/C22H27F3N4O3.ClH/c1-31-10-15(29-9-17(22(23,24)25)28-21(29)30)13-6-7-16-14(8-13)27-20(32-16)19(26)18(11-2-3-11)12-4-5-12;/h6-8,11-12,15,17-19H,2-5,9-10,26H2,1H3,(H,28,30);1H/t15-,17-,19+;/m0./s1. The average Bonchev–Trinajstić information content (AvgIpc) is 3.67. The van der Waals surface area contributed by atoms with Crippen LogP contribution in [0.1, 0.15) is 49.2 Å². The third-order valence-corrected chi connectivity index (χ3v) is 6.88. The number of hydrogen-bond donors (Lipinski definition) is 2. The lowest BCUT2D eigenvalue weighted by atomic mass is 9.90. The molecule has 1 saturated heterocycles. The van der Waals surface area contributed by atoms with Crippen molar-refractivity contribution in [2.45, 2.75) is 50.0 Å². The normalized spacial score (nSPS) is 23.0. The number of fused-ring (bicyclic) bond motifs is 1. The van der Waals surface area contributed by atoms with Gasteiger partial charge in [0.05, 0.1) is 25.2 Å². The zero-order chi connectivity index (χ0) is 22.6. The summed E-state index contributed by atoms with van der Waals surface area (Å²) in [4.78, 5) is 18.1. The van der Waals surface area contributed by atoms with Crippen molar-refractivity contribution in [2.75, 3.05) is 20.3 Å². The number of urea groups is 1. The van der Waals surface area contributed by atoms with Crippen LogP contribution in [0.4, 0.5) is 18.0 Å². The van der Waals surface area contributed by atoms with Crippen molar-refractivity contribution in [1.29, 1.82) is 0 Å². The Morgan fingerprint density at radius 3 is 2.48 bits per heavy atom. The van der Waals surface area contributed by atoms with Crippen LogP contribution < -0.4 is 11.1 Å². The minimum absolute atomic E-state index is 0. The number of nitrogens with two attached hydrogens (primary N) is 1.